The molecule has 0 spiro atoms. The van der Waals surface area contributed by atoms with Crippen molar-refractivity contribution < 1.29 is 53.2 Å². The third kappa shape index (κ3) is 11.0. The Hall–Kier alpha value is -4.33. The highest BCUT2D eigenvalue weighted by molar-refractivity contribution is 6.00. The number of hydrogen-bond acceptors (Lipinski definition) is 15. The van der Waals surface area contributed by atoms with E-state index in [0.29, 0.717) is 58.3 Å². The number of hydrogen-bond donors (Lipinski definition) is 3. The Kier molecular flexibility index (Phi) is 16.8. The molecule has 3 fully saturated rings. The summed E-state index contributed by atoms with van der Waals surface area (Å²) in [5, 5.41) is 29.4. The number of carbonyl (C=O) groups is 4. The minimum Gasteiger partial charge on any atom is -0.458 e. The molecule has 18 heteroatoms. The molecule has 366 valence electrons. The first-order chi connectivity index (χ1) is 31.3. The van der Waals surface area contributed by atoms with Crippen LogP contribution in [0.15, 0.2) is 35.5 Å². The van der Waals surface area contributed by atoms with E-state index in [1.54, 1.807) is 24.4 Å². The lowest BCUT2D eigenvalue weighted by Crippen LogP contribution is -2.60. The minimum atomic E-state index is -1.19. The molecule has 3 saturated heterocycles. The molecule has 13 atom stereocenters. The van der Waals surface area contributed by atoms with E-state index in [-0.39, 0.29) is 29.9 Å². The Labute approximate surface area is 389 Å². The van der Waals surface area contributed by atoms with Crippen LogP contribution in [0.4, 0.5) is 4.79 Å². The summed E-state index contributed by atoms with van der Waals surface area (Å²) in [5.74, 6) is -4.07. The first kappa shape index (κ1) is 51.1. The van der Waals surface area contributed by atoms with E-state index >= 15 is 0 Å². The van der Waals surface area contributed by atoms with Crippen LogP contribution in [-0.2, 0) is 51.2 Å². The second-order valence-electron chi connectivity index (χ2n) is 19.5. The number of amides is 2. The molecule has 1 unspecified atom stereocenters. The number of ether oxygens (including phenoxy) is 5. The van der Waals surface area contributed by atoms with Crippen LogP contribution < -0.4 is 5.48 Å². The Balaban J connectivity index is 1.18. The number of unbranched alkanes of at least 4 members (excludes halogenated alkanes) is 3. The fourth-order valence-electron chi connectivity index (χ4n) is 10.9. The second kappa shape index (κ2) is 21.7. The van der Waals surface area contributed by atoms with Crippen LogP contribution in [0.25, 0.3) is 11.3 Å². The maximum absolute atomic E-state index is 14.5. The van der Waals surface area contributed by atoms with E-state index in [1.807, 2.05) is 76.8 Å². The van der Waals surface area contributed by atoms with E-state index in [0.717, 1.165) is 41.8 Å². The predicted molar refractivity (Wildman–Crippen MR) is 243 cm³/mol. The number of nitrogens with one attached hydrogen (secondary N) is 1. The number of cyclic esters (lactones) is 1. The number of aliphatic hydroxyl groups excluding tert-OH is 1. The summed E-state index contributed by atoms with van der Waals surface area (Å²) < 4.78 is 33.7. The highest BCUT2D eigenvalue weighted by atomic mass is 16.7. The lowest BCUT2D eigenvalue weighted by molar-refractivity contribution is -0.296. The number of hydroxylamine groups is 1. The maximum atomic E-state index is 14.5. The summed E-state index contributed by atoms with van der Waals surface area (Å²) in [6.45, 7) is 16.8. The van der Waals surface area contributed by atoms with Gasteiger partial charge in [0.2, 0.25) is 5.91 Å². The Morgan fingerprint density at radius 1 is 1.03 bits per heavy atom. The molecule has 6 rings (SSSR count). The number of aliphatic hydroxyl groups is 1. The minimum absolute atomic E-state index is 0.203. The van der Waals surface area contributed by atoms with Gasteiger partial charge in [0.15, 0.2) is 17.7 Å². The van der Waals surface area contributed by atoms with Crippen LogP contribution in [-0.4, -0.2) is 146 Å². The number of Topliss-reactive ketones (excluding diaryl/α,β-unsaturated/α-hetero) is 1. The molecular weight excluding hydrogens is 851 g/mol. The normalized spacial score (nSPS) is 34.3. The van der Waals surface area contributed by atoms with Crippen molar-refractivity contribution in [2.24, 2.45) is 28.7 Å². The third-order valence-electron chi connectivity index (χ3n) is 14.6. The van der Waals surface area contributed by atoms with Crippen molar-refractivity contribution in [2.45, 2.75) is 174 Å². The van der Waals surface area contributed by atoms with Gasteiger partial charge < -0.3 is 28.8 Å². The summed E-state index contributed by atoms with van der Waals surface area (Å²) >= 11 is 0. The number of aliphatic imine (C=N–C) groups is 1. The lowest BCUT2D eigenvalue weighted by Gasteiger charge is -2.47. The summed E-state index contributed by atoms with van der Waals surface area (Å²) in [6.07, 6.45) is 2.06. The summed E-state index contributed by atoms with van der Waals surface area (Å²) in [4.78, 5) is 61.9. The van der Waals surface area contributed by atoms with Gasteiger partial charge in [0.05, 0.1) is 36.6 Å². The van der Waals surface area contributed by atoms with E-state index < -0.39 is 71.5 Å². The van der Waals surface area contributed by atoms with Crippen molar-refractivity contribution in [3.05, 3.63) is 36.0 Å². The van der Waals surface area contributed by atoms with Crippen LogP contribution in [0.3, 0.4) is 0 Å². The Bertz CT molecular complexity index is 2030. The molecule has 3 N–H and O–H groups in total. The summed E-state index contributed by atoms with van der Waals surface area (Å²) in [7, 11) is 3.53. The molecule has 1 aromatic heterocycles. The smallest absolute Gasteiger partial charge is 0.410 e. The zero-order valence-corrected chi connectivity index (χ0v) is 40.5. The standard InChI is InChI=1S/C48H73N7O11/c1-11-37-48(8)42-30(4)39(49-21-23-55(42)46(60)66-48)28(2)25-47(7,62-10)43(31(5)40(57)32(6)44(59)64-37)65-45-41(58)36(24-29(3)63-45)53(9)26-33-17-19-34(20-18-33)35-27-54(52-50-35)22-15-13-12-14-16-38(56)51-61/h17-20,27-32,36-37,41-43,45,58,61H,11-16,21-26H2,1-10H3,(H,51,56)/t28-,29-,30+,31+,32-,36+,37?,41-,42-,43-,45+,47-,48-/m1/s1. The van der Waals surface area contributed by atoms with E-state index in [9.17, 15) is 24.3 Å². The number of ketones is 1. The maximum Gasteiger partial charge on any atom is 0.410 e. The quantitative estimate of drug-likeness (QED) is 0.0674. The predicted octanol–water partition coefficient (Wildman–Crippen LogP) is 5.36. The van der Waals surface area contributed by atoms with E-state index in [1.165, 1.54) is 6.92 Å². The van der Waals surface area contributed by atoms with Gasteiger partial charge in [0.25, 0.3) is 0 Å². The molecular formula is C48H73N7O11. The fraction of sp³-hybridized carbons (Fsp3) is 0.729. The number of carbonyl (C=O) groups excluding carboxylic acids is 4. The molecule has 2 amide bonds. The van der Waals surface area contributed by atoms with Crippen LogP contribution in [0.5, 0.6) is 0 Å². The number of aromatic nitrogens is 3. The van der Waals surface area contributed by atoms with Gasteiger partial charge in [-0.1, -0.05) is 70.0 Å². The van der Waals surface area contributed by atoms with Crippen LogP contribution in [0, 0.1) is 23.7 Å². The largest absolute Gasteiger partial charge is 0.458 e. The molecule has 1 aromatic carbocycles. The molecule has 4 aliphatic heterocycles. The number of likely N-dealkylation sites (N-methyl/N-ethyl adjacent to an activating group) is 1. The first-order valence-corrected chi connectivity index (χ1v) is 23.8. The number of methoxy groups -OCH3 is 1. The average molecular weight is 924 g/mol. The number of fused-ring (bicyclic) bond motifs is 1. The molecule has 0 saturated carbocycles. The van der Waals surface area contributed by atoms with E-state index in [4.69, 9.17) is 33.9 Å². The molecule has 66 heavy (non-hydrogen) atoms. The van der Waals surface area contributed by atoms with Crippen LogP contribution in [0.2, 0.25) is 0 Å². The molecule has 4 aliphatic rings. The van der Waals surface area contributed by atoms with Gasteiger partial charge in [-0.05, 0) is 78.3 Å². The highest BCUT2D eigenvalue weighted by Crippen LogP contribution is 2.44. The SMILES string of the molecule is CCC1OC(=O)[C@H](C)C(=O)[C@H](C)[C@@H](O[C@@H]2O[C@H](C)C[C@H](N(C)Cc3ccc(-c4cn(CCCCCCC(=O)NO)nn4)cc3)[C@H]2O)[C@](C)(OC)C[C@@H](C)C2=NCCN3C(=O)O[C@@]1(C)[C@H]3[C@H]2C. The number of benzene rings is 1. The third-order valence-corrected chi connectivity index (χ3v) is 14.6. The number of esters is 1. The molecule has 18 nitrogen and oxygen atoms in total. The highest BCUT2D eigenvalue weighted by Gasteiger charge is 2.60. The lowest BCUT2D eigenvalue weighted by atomic mass is 9.73. The van der Waals surface area contributed by atoms with Gasteiger partial charge >= 0.3 is 12.1 Å². The van der Waals surface area contributed by atoms with Gasteiger partial charge in [0.1, 0.15) is 23.8 Å². The number of rotatable bonds is 15. The summed E-state index contributed by atoms with van der Waals surface area (Å²) in [6, 6.07) is 7.23. The van der Waals surface area contributed by atoms with Crippen molar-refractivity contribution in [2.75, 3.05) is 27.2 Å². The zero-order valence-electron chi connectivity index (χ0n) is 40.5. The van der Waals surface area contributed by atoms with Crippen LogP contribution >= 0.6 is 0 Å². The first-order valence-electron chi connectivity index (χ1n) is 23.8. The number of nitrogens with zero attached hydrogens (tertiary/aromatic N) is 6. The Morgan fingerprint density at radius 3 is 2.42 bits per heavy atom. The fourth-order valence-corrected chi connectivity index (χ4v) is 10.9. The van der Waals surface area contributed by atoms with Crippen LogP contribution in [0.1, 0.15) is 112 Å². The molecule has 2 aromatic rings. The molecule has 5 heterocycles. The Morgan fingerprint density at radius 2 is 1.74 bits per heavy atom. The molecule has 0 aliphatic carbocycles. The van der Waals surface area contributed by atoms with Gasteiger partial charge in [-0.3, -0.25) is 39.1 Å². The van der Waals surface area contributed by atoms with E-state index in [2.05, 4.69) is 22.1 Å². The second-order valence-corrected chi connectivity index (χ2v) is 19.5. The topological polar surface area (TPSA) is 216 Å². The van der Waals surface area contributed by atoms with Gasteiger partial charge in [0, 0.05) is 62.3 Å². The zero-order chi connectivity index (χ0) is 48.1. The van der Waals surface area contributed by atoms with Gasteiger partial charge in [-0.25, -0.2) is 10.3 Å². The molecule has 2 bridgehead atoms. The van der Waals surface area contributed by atoms with Crippen molar-refractivity contribution in [3.8, 4) is 11.3 Å². The summed E-state index contributed by atoms with van der Waals surface area (Å²) in [5.41, 5.74) is 2.91. The monoisotopic (exact) mass is 924 g/mol. The van der Waals surface area contributed by atoms with Gasteiger partial charge in [-0.2, -0.15) is 0 Å². The van der Waals surface area contributed by atoms with Gasteiger partial charge in [-0.15, -0.1) is 5.10 Å². The average Bonchev–Trinajstić information content (AvgIpc) is 3.81. The van der Waals surface area contributed by atoms with Crippen molar-refractivity contribution in [1.82, 2.24) is 30.3 Å². The van der Waals surface area contributed by atoms with Crippen molar-refractivity contribution >= 4 is 29.5 Å². The molecule has 0 radical (unpaired) electrons. The van der Waals surface area contributed by atoms with Crippen molar-refractivity contribution in [1.29, 1.82) is 0 Å². The van der Waals surface area contributed by atoms with Crippen molar-refractivity contribution in [3.63, 3.8) is 0 Å². The number of aryl methyl sites for hydroxylation is 1.